The average Bonchev–Trinajstić information content (AvgIpc) is 2.83. The van der Waals surface area contributed by atoms with Crippen molar-refractivity contribution in [3.63, 3.8) is 0 Å². The Morgan fingerprint density at radius 3 is 3.00 bits per heavy atom. The normalized spacial score (nSPS) is 29.1. The number of carbonyl (C=O) groups excluding carboxylic acids is 1. The molecule has 7 nitrogen and oxygen atoms in total. The molecule has 2 aromatic rings. The summed E-state index contributed by atoms with van der Waals surface area (Å²) in [4.78, 5) is 16.5. The first-order valence-corrected chi connectivity index (χ1v) is 7.04. The van der Waals surface area contributed by atoms with Crippen molar-refractivity contribution < 1.29 is 9.53 Å². The van der Waals surface area contributed by atoms with E-state index in [0.29, 0.717) is 24.0 Å². The van der Waals surface area contributed by atoms with Gasteiger partial charge >= 0.3 is 6.03 Å². The highest BCUT2D eigenvalue weighted by Crippen LogP contribution is 2.57. The van der Waals surface area contributed by atoms with Crippen LogP contribution < -0.4 is 10.6 Å². The number of urea groups is 1. The van der Waals surface area contributed by atoms with E-state index in [4.69, 9.17) is 4.74 Å². The Bertz CT molecular complexity index is 725. The summed E-state index contributed by atoms with van der Waals surface area (Å²) in [5.74, 6) is 1.01. The Labute approximate surface area is 121 Å². The Kier molecular flexibility index (Phi) is 2.36. The van der Waals surface area contributed by atoms with Crippen LogP contribution in [-0.4, -0.2) is 38.4 Å². The Morgan fingerprint density at radius 1 is 1.43 bits per heavy atom. The zero-order valence-corrected chi connectivity index (χ0v) is 12.0. The summed E-state index contributed by atoms with van der Waals surface area (Å²) in [6, 6.07) is 3.27. The molecule has 3 heterocycles. The van der Waals surface area contributed by atoms with E-state index in [0.717, 1.165) is 6.42 Å². The third-order valence-electron chi connectivity index (χ3n) is 4.69. The fraction of sp³-hybridized carbons (Fsp3) is 0.500. The highest BCUT2D eigenvalue weighted by molar-refractivity contribution is 5.89. The molecule has 1 saturated heterocycles. The number of anilines is 1. The zero-order valence-electron chi connectivity index (χ0n) is 12.0. The molecule has 2 unspecified atom stereocenters. The summed E-state index contributed by atoms with van der Waals surface area (Å²) in [5, 5.41) is 10.1. The lowest BCUT2D eigenvalue weighted by Gasteiger charge is -2.31. The van der Waals surface area contributed by atoms with Crippen molar-refractivity contribution in [2.24, 2.45) is 5.92 Å². The van der Waals surface area contributed by atoms with Crippen molar-refractivity contribution in [1.82, 2.24) is 19.9 Å². The van der Waals surface area contributed by atoms with Crippen LogP contribution in [0.25, 0.3) is 5.65 Å². The standard InChI is InChI=1S/C14H17N5O2/c1-13(2)14(7-9(14)8-21-13)18-12(20)17-11-3-5-15-10-4-6-16-19(10)11/h3-6,9H,7-8H2,1-2H3,(H2,17,18,20). The van der Waals surface area contributed by atoms with E-state index >= 15 is 0 Å². The van der Waals surface area contributed by atoms with E-state index < -0.39 is 0 Å². The van der Waals surface area contributed by atoms with Gasteiger partial charge in [-0.15, -0.1) is 0 Å². The first-order valence-electron chi connectivity index (χ1n) is 7.04. The molecule has 2 atom stereocenters. The maximum absolute atomic E-state index is 12.3. The minimum Gasteiger partial charge on any atom is -0.373 e. The summed E-state index contributed by atoms with van der Waals surface area (Å²) in [5.41, 5.74) is 0.126. The number of hydrogen-bond acceptors (Lipinski definition) is 4. The molecule has 2 aliphatic rings. The molecule has 1 aliphatic carbocycles. The molecule has 2 fully saturated rings. The van der Waals surface area contributed by atoms with Crippen LogP contribution in [0.2, 0.25) is 0 Å². The molecule has 0 radical (unpaired) electrons. The Hall–Kier alpha value is -2.15. The summed E-state index contributed by atoms with van der Waals surface area (Å²) in [6.07, 6.45) is 4.27. The zero-order chi connectivity index (χ0) is 14.7. The number of hydrogen-bond donors (Lipinski definition) is 2. The van der Waals surface area contributed by atoms with Crippen molar-refractivity contribution in [2.75, 3.05) is 11.9 Å². The topological polar surface area (TPSA) is 80.5 Å². The molecule has 21 heavy (non-hydrogen) atoms. The molecule has 2 N–H and O–H groups in total. The van der Waals surface area contributed by atoms with E-state index in [2.05, 4.69) is 20.7 Å². The van der Waals surface area contributed by atoms with Crippen LogP contribution >= 0.6 is 0 Å². The van der Waals surface area contributed by atoms with Gasteiger partial charge in [0.2, 0.25) is 0 Å². The fourth-order valence-corrected chi connectivity index (χ4v) is 3.29. The summed E-state index contributed by atoms with van der Waals surface area (Å²) >= 11 is 0. The van der Waals surface area contributed by atoms with Gasteiger partial charge in [0.1, 0.15) is 5.82 Å². The van der Waals surface area contributed by atoms with Crippen molar-refractivity contribution in [3.05, 3.63) is 24.5 Å². The highest BCUT2D eigenvalue weighted by Gasteiger charge is 2.69. The first-order chi connectivity index (χ1) is 10.0. The lowest BCUT2D eigenvalue weighted by molar-refractivity contribution is -0.00668. The largest absolute Gasteiger partial charge is 0.373 e. The lowest BCUT2D eigenvalue weighted by Crippen LogP contribution is -2.52. The van der Waals surface area contributed by atoms with Gasteiger partial charge in [0.25, 0.3) is 0 Å². The van der Waals surface area contributed by atoms with E-state index in [-0.39, 0.29) is 17.2 Å². The number of nitrogens with zero attached hydrogens (tertiary/aromatic N) is 3. The van der Waals surface area contributed by atoms with Crippen molar-refractivity contribution in [1.29, 1.82) is 0 Å². The molecular weight excluding hydrogens is 270 g/mol. The van der Waals surface area contributed by atoms with Crippen LogP contribution in [0.5, 0.6) is 0 Å². The molecule has 1 aliphatic heterocycles. The second-order valence-electron chi connectivity index (χ2n) is 6.20. The smallest absolute Gasteiger partial charge is 0.320 e. The number of carbonyl (C=O) groups is 1. The van der Waals surface area contributed by atoms with Gasteiger partial charge in [-0.05, 0) is 26.3 Å². The van der Waals surface area contributed by atoms with Crippen LogP contribution in [0.4, 0.5) is 10.6 Å². The van der Waals surface area contributed by atoms with E-state index in [9.17, 15) is 4.79 Å². The average molecular weight is 287 g/mol. The monoisotopic (exact) mass is 287 g/mol. The predicted molar refractivity (Wildman–Crippen MR) is 76.0 cm³/mol. The maximum Gasteiger partial charge on any atom is 0.320 e. The van der Waals surface area contributed by atoms with Crippen molar-refractivity contribution in [2.45, 2.75) is 31.4 Å². The molecular formula is C14H17N5O2. The van der Waals surface area contributed by atoms with Crippen LogP contribution in [0.1, 0.15) is 20.3 Å². The molecule has 1 saturated carbocycles. The second-order valence-corrected chi connectivity index (χ2v) is 6.20. The molecule has 2 amide bonds. The SMILES string of the molecule is CC1(C)OCC2CC21NC(=O)Nc1ccnc2ccnn12. The number of aromatic nitrogens is 3. The van der Waals surface area contributed by atoms with Gasteiger partial charge in [-0.25, -0.2) is 9.78 Å². The van der Waals surface area contributed by atoms with Gasteiger partial charge in [-0.1, -0.05) is 0 Å². The Morgan fingerprint density at radius 2 is 2.29 bits per heavy atom. The summed E-state index contributed by atoms with van der Waals surface area (Å²) in [7, 11) is 0. The van der Waals surface area contributed by atoms with E-state index in [1.807, 2.05) is 13.8 Å². The molecule has 7 heteroatoms. The molecule has 110 valence electrons. The second kappa shape index (κ2) is 3.94. The molecule has 2 aromatic heterocycles. The van der Waals surface area contributed by atoms with Gasteiger partial charge < -0.3 is 10.1 Å². The first kappa shape index (κ1) is 12.6. The lowest BCUT2D eigenvalue weighted by atomic mass is 9.96. The molecule has 0 spiro atoms. The maximum atomic E-state index is 12.3. The minimum atomic E-state index is -0.325. The molecule has 0 aromatic carbocycles. The minimum absolute atomic E-state index is 0.237. The molecule has 0 bridgehead atoms. The quantitative estimate of drug-likeness (QED) is 0.875. The van der Waals surface area contributed by atoms with Crippen LogP contribution in [0.3, 0.4) is 0 Å². The Balaban J connectivity index is 1.54. The van der Waals surface area contributed by atoms with Crippen LogP contribution in [-0.2, 0) is 4.74 Å². The van der Waals surface area contributed by atoms with Crippen molar-refractivity contribution >= 4 is 17.5 Å². The third-order valence-corrected chi connectivity index (χ3v) is 4.69. The van der Waals surface area contributed by atoms with Gasteiger partial charge in [0.05, 0.1) is 23.9 Å². The number of ether oxygens (including phenoxy) is 1. The van der Waals surface area contributed by atoms with Crippen molar-refractivity contribution in [3.8, 4) is 0 Å². The molecule has 4 rings (SSSR count). The number of nitrogens with one attached hydrogen (secondary N) is 2. The van der Waals surface area contributed by atoms with Gasteiger partial charge in [0.15, 0.2) is 5.65 Å². The van der Waals surface area contributed by atoms with Gasteiger partial charge in [-0.3, -0.25) is 5.32 Å². The van der Waals surface area contributed by atoms with Crippen LogP contribution in [0, 0.1) is 5.92 Å². The third kappa shape index (κ3) is 1.73. The van der Waals surface area contributed by atoms with Crippen LogP contribution in [0.15, 0.2) is 24.5 Å². The summed E-state index contributed by atoms with van der Waals surface area (Å²) in [6.45, 7) is 4.77. The van der Waals surface area contributed by atoms with E-state index in [1.165, 1.54) is 0 Å². The number of amides is 2. The van der Waals surface area contributed by atoms with Gasteiger partial charge in [-0.2, -0.15) is 9.61 Å². The predicted octanol–water partition coefficient (Wildman–Crippen LogP) is 1.42. The highest BCUT2D eigenvalue weighted by atomic mass is 16.5. The fourth-order valence-electron chi connectivity index (χ4n) is 3.29. The van der Waals surface area contributed by atoms with Gasteiger partial charge in [0, 0.05) is 18.2 Å². The number of fused-ring (bicyclic) bond motifs is 2. The van der Waals surface area contributed by atoms with E-state index in [1.54, 1.807) is 29.0 Å². The number of rotatable bonds is 2. The summed E-state index contributed by atoms with van der Waals surface area (Å²) < 4.78 is 7.34.